The normalized spacial score (nSPS) is 12.4. The van der Waals surface area contributed by atoms with E-state index in [0.29, 0.717) is 32.2 Å². The second-order valence-electron chi connectivity index (χ2n) is 4.99. The Morgan fingerprint density at radius 1 is 1.50 bits per heavy atom. The molecule has 0 heterocycles. The van der Waals surface area contributed by atoms with Gasteiger partial charge in [0.05, 0.1) is 6.61 Å². The molecule has 5 heteroatoms. The van der Waals surface area contributed by atoms with Crippen LogP contribution in [0.25, 0.3) is 0 Å². The second-order valence-corrected chi connectivity index (χ2v) is 4.99. The molecule has 0 fully saturated rings. The van der Waals surface area contributed by atoms with E-state index in [0.717, 1.165) is 11.3 Å². The Balaban J connectivity index is 2.39. The minimum atomic E-state index is 0.00985. The highest BCUT2D eigenvalue weighted by molar-refractivity contribution is 5.90. The Morgan fingerprint density at radius 3 is 2.90 bits per heavy atom. The number of benzene rings is 1. The van der Waals surface area contributed by atoms with Gasteiger partial charge < -0.3 is 20.7 Å². The first-order valence-electron chi connectivity index (χ1n) is 6.85. The lowest BCUT2D eigenvalue weighted by Crippen LogP contribution is -2.35. The SMILES string of the molecule is COCC(C)N(C)CCC(=O)Nc1cccc(CN)c1. The number of hydrogen-bond acceptors (Lipinski definition) is 4. The van der Waals surface area contributed by atoms with Crippen molar-refractivity contribution in [3.63, 3.8) is 0 Å². The number of nitrogens with one attached hydrogen (secondary N) is 1. The van der Waals surface area contributed by atoms with E-state index in [2.05, 4.69) is 17.1 Å². The number of carbonyl (C=O) groups excluding carboxylic acids is 1. The minimum Gasteiger partial charge on any atom is -0.383 e. The molecule has 0 aromatic heterocycles. The Labute approximate surface area is 121 Å². The third kappa shape index (κ3) is 5.69. The van der Waals surface area contributed by atoms with Gasteiger partial charge in [0.2, 0.25) is 5.91 Å². The van der Waals surface area contributed by atoms with Gasteiger partial charge in [-0.2, -0.15) is 0 Å². The van der Waals surface area contributed by atoms with Crippen molar-refractivity contribution in [2.45, 2.75) is 25.9 Å². The van der Waals surface area contributed by atoms with E-state index < -0.39 is 0 Å². The lowest BCUT2D eigenvalue weighted by Gasteiger charge is -2.23. The standard InChI is InChI=1S/C15H25N3O2/c1-12(11-20-3)18(2)8-7-15(19)17-14-6-4-5-13(9-14)10-16/h4-6,9,12H,7-8,10-11,16H2,1-3H3,(H,17,19). The molecule has 1 unspecified atom stereocenters. The fourth-order valence-corrected chi connectivity index (χ4v) is 1.87. The third-order valence-electron chi connectivity index (χ3n) is 3.30. The van der Waals surface area contributed by atoms with Gasteiger partial charge >= 0.3 is 0 Å². The Kier molecular flexibility index (Phi) is 7.22. The zero-order valence-corrected chi connectivity index (χ0v) is 12.6. The summed E-state index contributed by atoms with van der Waals surface area (Å²) in [5, 5.41) is 2.89. The number of hydrogen-bond donors (Lipinski definition) is 2. The molecule has 112 valence electrons. The molecule has 0 aliphatic rings. The summed E-state index contributed by atoms with van der Waals surface area (Å²) >= 11 is 0. The first-order valence-corrected chi connectivity index (χ1v) is 6.85. The van der Waals surface area contributed by atoms with Gasteiger partial charge in [-0.1, -0.05) is 12.1 Å². The molecule has 1 aromatic rings. The summed E-state index contributed by atoms with van der Waals surface area (Å²) in [5.41, 5.74) is 7.38. The maximum Gasteiger partial charge on any atom is 0.225 e. The van der Waals surface area contributed by atoms with Crippen molar-refractivity contribution < 1.29 is 9.53 Å². The van der Waals surface area contributed by atoms with E-state index in [4.69, 9.17) is 10.5 Å². The number of nitrogens with zero attached hydrogens (tertiary/aromatic N) is 1. The van der Waals surface area contributed by atoms with Gasteiger partial charge in [-0.25, -0.2) is 0 Å². The first-order chi connectivity index (χ1) is 9.56. The minimum absolute atomic E-state index is 0.00985. The predicted molar refractivity (Wildman–Crippen MR) is 81.5 cm³/mol. The van der Waals surface area contributed by atoms with Gasteiger partial charge in [0.1, 0.15) is 0 Å². The predicted octanol–water partition coefficient (Wildman–Crippen LogP) is 1.44. The molecule has 0 aliphatic heterocycles. The second kappa shape index (κ2) is 8.68. The van der Waals surface area contributed by atoms with Gasteiger partial charge in [-0.05, 0) is 31.7 Å². The number of rotatable bonds is 8. The van der Waals surface area contributed by atoms with Crippen molar-refractivity contribution in [3.05, 3.63) is 29.8 Å². The van der Waals surface area contributed by atoms with Crippen molar-refractivity contribution in [1.29, 1.82) is 0 Å². The molecule has 0 aliphatic carbocycles. The van der Waals surface area contributed by atoms with Gasteiger partial charge in [-0.15, -0.1) is 0 Å². The average molecular weight is 279 g/mol. The van der Waals surface area contributed by atoms with Gasteiger partial charge in [0, 0.05) is 38.3 Å². The van der Waals surface area contributed by atoms with Crippen molar-refractivity contribution in [1.82, 2.24) is 4.90 Å². The Morgan fingerprint density at radius 2 is 2.25 bits per heavy atom. The zero-order valence-electron chi connectivity index (χ0n) is 12.6. The van der Waals surface area contributed by atoms with Crippen LogP contribution in [0.3, 0.4) is 0 Å². The van der Waals surface area contributed by atoms with E-state index in [9.17, 15) is 4.79 Å². The van der Waals surface area contributed by atoms with Crippen molar-refractivity contribution in [3.8, 4) is 0 Å². The molecule has 1 rings (SSSR count). The lowest BCUT2D eigenvalue weighted by molar-refractivity contribution is -0.116. The zero-order chi connectivity index (χ0) is 15.0. The highest BCUT2D eigenvalue weighted by atomic mass is 16.5. The largest absolute Gasteiger partial charge is 0.383 e. The van der Waals surface area contributed by atoms with Crippen LogP contribution in [0.4, 0.5) is 5.69 Å². The number of methoxy groups -OCH3 is 1. The van der Waals surface area contributed by atoms with Crippen LogP contribution in [0.5, 0.6) is 0 Å². The highest BCUT2D eigenvalue weighted by Crippen LogP contribution is 2.10. The lowest BCUT2D eigenvalue weighted by atomic mass is 10.2. The molecule has 0 radical (unpaired) electrons. The summed E-state index contributed by atoms with van der Waals surface area (Å²) in [6.07, 6.45) is 0.456. The van der Waals surface area contributed by atoms with Crippen LogP contribution in [0, 0.1) is 0 Å². The number of anilines is 1. The third-order valence-corrected chi connectivity index (χ3v) is 3.30. The van der Waals surface area contributed by atoms with E-state index >= 15 is 0 Å². The van der Waals surface area contributed by atoms with Crippen molar-refractivity contribution >= 4 is 11.6 Å². The van der Waals surface area contributed by atoms with E-state index in [-0.39, 0.29) is 5.91 Å². The fourth-order valence-electron chi connectivity index (χ4n) is 1.87. The summed E-state index contributed by atoms with van der Waals surface area (Å²) < 4.78 is 5.10. The quantitative estimate of drug-likeness (QED) is 0.755. The first kappa shape index (κ1) is 16.6. The molecule has 0 bridgehead atoms. The van der Waals surface area contributed by atoms with E-state index in [1.54, 1.807) is 7.11 Å². The summed E-state index contributed by atoms with van der Waals surface area (Å²) in [6.45, 7) is 3.91. The number of amides is 1. The molecule has 0 spiro atoms. The van der Waals surface area contributed by atoms with Gasteiger partial charge in [0.25, 0.3) is 0 Å². The van der Waals surface area contributed by atoms with Crippen LogP contribution in [0.1, 0.15) is 18.9 Å². The topological polar surface area (TPSA) is 67.6 Å². The highest BCUT2D eigenvalue weighted by Gasteiger charge is 2.10. The van der Waals surface area contributed by atoms with E-state index in [1.807, 2.05) is 31.3 Å². The number of likely N-dealkylation sites (N-methyl/N-ethyl adjacent to an activating group) is 1. The summed E-state index contributed by atoms with van der Waals surface area (Å²) in [6, 6.07) is 7.90. The monoisotopic (exact) mass is 279 g/mol. The fraction of sp³-hybridized carbons (Fsp3) is 0.533. The summed E-state index contributed by atoms with van der Waals surface area (Å²) in [5.74, 6) is 0.00985. The molecule has 1 atom stereocenters. The van der Waals surface area contributed by atoms with Crippen LogP contribution in [-0.2, 0) is 16.1 Å². The molecule has 5 nitrogen and oxygen atoms in total. The van der Waals surface area contributed by atoms with Crippen LogP contribution >= 0.6 is 0 Å². The smallest absolute Gasteiger partial charge is 0.225 e. The molecule has 1 amide bonds. The summed E-state index contributed by atoms with van der Waals surface area (Å²) in [7, 11) is 3.67. The van der Waals surface area contributed by atoms with Crippen molar-refractivity contribution in [2.75, 3.05) is 32.6 Å². The number of nitrogens with two attached hydrogens (primary N) is 1. The van der Waals surface area contributed by atoms with Crippen molar-refractivity contribution in [2.24, 2.45) is 5.73 Å². The van der Waals surface area contributed by atoms with E-state index in [1.165, 1.54) is 0 Å². The van der Waals surface area contributed by atoms with Crippen LogP contribution in [0.2, 0.25) is 0 Å². The molecular formula is C15H25N3O2. The molecule has 20 heavy (non-hydrogen) atoms. The van der Waals surface area contributed by atoms with Gasteiger partial charge in [-0.3, -0.25) is 4.79 Å². The number of ether oxygens (including phenoxy) is 1. The summed E-state index contributed by atoms with van der Waals surface area (Å²) in [4.78, 5) is 14.0. The Hall–Kier alpha value is -1.43. The molecule has 3 N–H and O–H groups in total. The Bertz CT molecular complexity index is 423. The van der Waals surface area contributed by atoms with Crippen LogP contribution in [0.15, 0.2) is 24.3 Å². The maximum atomic E-state index is 11.9. The molecule has 0 saturated heterocycles. The molecule has 1 aromatic carbocycles. The van der Waals surface area contributed by atoms with Crippen LogP contribution < -0.4 is 11.1 Å². The van der Waals surface area contributed by atoms with Crippen LogP contribution in [-0.4, -0.2) is 44.2 Å². The van der Waals surface area contributed by atoms with Gasteiger partial charge in [0.15, 0.2) is 0 Å². The number of carbonyl (C=O) groups is 1. The molecular weight excluding hydrogens is 254 g/mol. The average Bonchev–Trinajstić information content (AvgIpc) is 2.45. The maximum absolute atomic E-state index is 11.9. The molecule has 0 saturated carbocycles.